The molecule has 1 aliphatic rings. The molecule has 1 amide bonds. The van der Waals surface area contributed by atoms with Gasteiger partial charge in [0.2, 0.25) is 0 Å². The first-order chi connectivity index (χ1) is 11.1. The van der Waals surface area contributed by atoms with E-state index in [2.05, 4.69) is 12.2 Å². The van der Waals surface area contributed by atoms with Crippen molar-refractivity contribution in [2.75, 3.05) is 19.8 Å². The fourth-order valence-electron chi connectivity index (χ4n) is 2.38. The Hall–Kier alpha value is -2.24. The average Bonchev–Trinajstić information content (AvgIpc) is 2.53. The zero-order valence-electron chi connectivity index (χ0n) is 13.6. The number of carbonyl (C=O) groups is 2. The summed E-state index contributed by atoms with van der Waals surface area (Å²) in [5.74, 6) is 0.590. The fourth-order valence-corrected chi connectivity index (χ4v) is 2.38. The first kappa shape index (κ1) is 17.1. The summed E-state index contributed by atoms with van der Waals surface area (Å²) in [5, 5.41) is 2.79. The van der Waals surface area contributed by atoms with Crippen LogP contribution in [0, 0.1) is 0 Å². The summed E-state index contributed by atoms with van der Waals surface area (Å²) >= 11 is 0. The molecule has 1 aromatic rings. The summed E-state index contributed by atoms with van der Waals surface area (Å²) in [5.41, 5.74) is 0.763. The van der Waals surface area contributed by atoms with Crippen molar-refractivity contribution in [2.24, 2.45) is 0 Å². The second kappa shape index (κ2) is 8.41. The van der Waals surface area contributed by atoms with E-state index < -0.39 is 5.97 Å². The lowest BCUT2D eigenvalue weighted by Gasteiger charge is -2.18. The average molecular weight is 321 g/mol. The molecule has 1 heterocycles. The molecule has 1 aliphatic heterocycles. The van der Waals surface area contributed by atoms with Crippen LogP contribution in [0.3, 0.4) is 0 Å². The van der Waals surface area contributed by atoms with Crippen molar-refractivity contribution in [3.8, 4) is 11.5 Å². The van der Waals surface area contributed by atoms with E-state index in [-0.39, 0.29) is 25.0 Å². The summed E-state index contributed by atoms with van der Waals surface area (Å²) in [6.07, 6.45) is 1.98. The van der Waals surface area contributed by atoms with Gasteiger partial charge in [-0.2, -0.15) is 0 Å². The van der Waals surface area contributed by atoms with E-state index in [1.54, 1.807) is 18.2 Å². The molecule has 0 aromatic heterocycles. The molecule has 23 heavy (non-hydrogen) atoms. The van der Waals surface area contributed by atoms with Crippen LogP contribution in [0.4, 0.5) is 0 Å². The van der Waals surface area contributed by atoms with E-state index in [9.17, 15) is 9.59 Å². The molecule has 126 valence electrons. The summed E-state index contributed by atoms with van der Waals surface area (Å²) in [6, 6.07) is 5.41. The van der Waals surface area contributed by atoms with Crippen molar-refractivity contribution >= 4 is 11.9 Å². The van der Waals surface area contributed by atoms with Gasteiger partial charge in [-0.15, -0.1) is 0 Å². The van der Waals surface area contributed by atoms with Gasteiger partial charge in [-0.05, 0) is 31.0 Å². The Bertz CT molecular complexity index is 558. The van der Waals surface area contributed by atoms with Crippen molar-refractivity contribution in [1.82, 2.24) is 5.32 Å². The van der Waals surface area contributed by atoms with Crippen molar-refractivity contribution in [3.63, 3.8) is 0 Å². The second-order valence-corrected chi connectivity index (χ2v) is 5.57. The zero-order chi connectivity index (χ0) is 16.7. The third kappa shape index (κ3) is 5.47. The van der Waals surface area contributed by atoms with Crippen molar-refractivity contribution in [3.05, 3.63) is 23.8 Å². The SMILES string of the molecule is CCCC(C)NC(=O)COC(=O)Cc1ccc2c(c1)OCCO2. The van der Waals surface area contributed by atoms with Crippen LogP contribution in [0.25, 0.3) is 0 Å². The first-order valence-corrected chi connectivity index (χ1v) is 7.92. The smallest absolute Gasteiger partial charge is 0.310 e. The van der Waals surface area contributed by atoms with Gasteiger partial charge in [-0.25, -0.2) is 0 Å². The first-order valence-electron chi connectivity index (χ1n) is 7.92. The predicted octanol–water partition coefficient (Wildman–Crippen LogP) is 1.85. The lowest BCUT2D eigenvalue weighted by Crippen LogP contribution is -2.35. The van der Waals surface area contributed by atoms with E-state index in [1.165, 1.54) is 0 Å². The molecule has 0 fully saturated rings. The maximum atomic E-state index is 11.8. The number of ether oxygens (including phenoxy) is 3. The molecule has 0 aliphatic carbocycles. The van der Waals surface area contributed by atoms with E-state index in [0.717, 1.165) is 18.4 Å². The van der Waals surface area contributed by atoms with Crippen LogP contribution >= 0.6 is 0 Å². The van der Waals surface area contributed by atoms with Crippen LogP contribution < -0.4 is 14.8 Å². The molecule has 1 aromatic carbocycles. The van der Waals surface area contributed by atoms with Crippen molar-refractivity contribution in [2.45, 2.75) is 39.2 Å². The van der Waals surface area contributed by atoms with E-state index in [1.807, 2.05) is 6.92 Å². The highest BCUT2D eigenvalue weighted by atomic mass is 16.6. The number of nitrogens with one attached hydrogen (secondary N) is 1. The molecule has 0 saturated carbocycles. The van der Waals surface area contributed by atoms with Crippen LogP contribution in [0.15, 0.2) is 18.2 Å². The second-order valence-electron chi connectivity index (χ2n) is 5.57. The van der Waals surface area contributed by atoms with Crippen LogP contribution in [-0.4, -0.2) is 37.7 Å². The van der Waals surface area contributed by atoms with Gasteiger partial charge in [-0.1, -0.05) is 19.4 Å². The van der Waals surface area contributed by atoms with Crippen molar-refractivity contribution in [1.29, 1.82) is 0 Å². The number of hydrogen-bond donors (Lipinski definition) is 1. The Morgan fingerprint density at radius 3 is 2.74 bits per heavy atom. The molecule has 2 rings (SSSR count). The number of benzene rings is 1. The van der Waals surface area contributed by atoms with Crippen LogP contribution in [-0.2, 0) is 20.7 Å². The third-order valence-corrected chi connectivity index (χ3v) is 3.45. The van der Waals surface area contributed by atoms with Crippen LogP contribution in [0.2, 0.25) is 0 Å². The molecule has 0 spiro atoms. The molecular formula is C17H23NO5. The number of hydrogen-bond acceptors (Lipinski definition) is 5. The van der Waals surface area contributed by atoms with Gasteiger partial charge in [0.25, 0.3) is 5.91 Å². The van der Waals surface area contributed by atoms with E-state index in [4.69, 9.17) is 14.2 Å². The number of fused-ring (bicyclic) bond motifs is 1. The van der Waals surface area contributed by atoms with E-state index >= 15 is 0 Å². The Balaban J connectivity index is 1.77. The summed E-state index contributed by atoms with van der Waals surface area (Å²) < 4.78 is 15.9. The lowest BCUT2D eigenvalue weighted by molar-refractivity contribution is -0.148. The molecule has 1 N–H and O–H groups in total. The quantitative estimate of drug-likeness (QED) is 0.776. The number of rotatable bonds is 7. The topological polar surface area (TPSA) is 73.9 Å². The monoisotopic (exact) mass is 321 g/mol. The van der Waals surface area contributed by atoms with Gasteiger partial charge in [0, 0.05) is 6.04 Å². The summed E-state index contributed by atoms with van der Waals surface area (Å²) in [7, 11) is 0. The van der Waals surface area contributed by atoms with Gasteiger partial charge in [0.1, 0.15) is 13.2 Å². The Labute approximate surface area is 136 Å². The molecule has 1 unspecified atom stereocenters. The maximum Gasteiger partial charge on any atom is 0.310 e. The standard InChI is InChI=1S/C17H23NO5/c1-3-4-12(2)18-16(19)11-23-17(20)10-13-5-6-14-15(9-13)22-8-7-21-14/h5-6,9,12H,3-4,7-8,10-11H2,1-2H3,(H,18,19). The third-order valence-electron chi connectivity index (χ3n) is 3.45. The molecule has 0 bridgehead atoms. The molecule has 0 radical (unpaired) electrons. The molecular weight excluding hydrogens is 298 g/mol. The highest BCUT2D eigenvalue weighted by Crippen LogP contribution is 2.30. The maximum absolute atomic E-state index is 11.8. The lowest BCUT2D eigenvalue weighted by atomic mass is 10.1. The Morgan fingerprint density at radius 1 is 1.26 bits per heavy atom. The molecule has 1 atom stereocenters. The predicted molar refractivity (Wildman–Crippen MR) is 84.6 cm³/mol. The summed E-state index contributed by atoms with van der Waals surface area (Å²) in [6.45, 7) is 4.75. The fraction of sp³-hybridized carbons (Fsp3) is 0.529. The minimum absolute atomic E-state index is 0.0870. The molecule has 6 nitrogen and oxygen atoms in total. The summed E-state index contributed by atoms with van der Waals surface area (Å²) in [4.78, 5) is 23.5. The van der Waals surface area contributed by atoms with Gasteiger partial charge in [0.05, 0.1) is 6.42 Å². The minimum atomic E-state index is -0.444. The molecule has 6 heteroatoms. The van der Waals surface area contributed by atoms with Gasteiger partial charge < -0.3 is 19.5 Å². The highest BCUT2D eigenvalue weighted by Gasteiger charge is 2.14. The number of amides is 1. The van der Waals surface area contributed by atoms with Crippen LogP contribution in [0.1, 0.15) is 32.3 Å². The van der Waals surface area contributed by atoms with Gasteiger partial charge in [0.15, 0.2) is 18.1 Å². The van der Waals surface area contributed by atoms with Crippen molar-refractivity contribution < 1.29 is 23.8 Å². The van der Waals surface area contributed by atoms with Crippen LogP contribution in [0.5, 0.6) is 11.5 Å². The van der Waals surface area contributed by atoms with Gasteiger partial charge >= 0.3 is 5.97 Å². The zero-order valence-corrected chi connectivity index (χ0v) is 13.6. The van der Waals surface area contributed by atoms with Gasteiger partial charge in [-0.3, -0.25) is 9.59 Å². The molecule has 0 saturated heterocycles. The van der Waals surface area contributed by atoms with E-state index in [0.29, 0.717) is 24.7 Å². The number of esters is 1. The minimum Gasteiger partial charge on any atom is -0.486 e. The Morgan fingerprint density at radius 2 is 2.00 bits per heavy atom. The Kier molecular flexibility index (Phi) is 6.26. The number of carbonyl (C=O) groups excluding carboxylic acids is 2. The largest absolute Gasteiger partial charge is 0.486 e. The normalized spacial score (nSPS) is 14.0. The highest BCUT2D eigenvalue weighted by molar-refractivity contribution is 5.81.